The molecule has 0 radical (unpaired) electrons. The Morgan fingerprint density at radius 3 is 2.39 bits per heavy atom. The lowest BCUT2D eigenvalue weighted by Crippen LogP contribution is -2.07. The summed E-state index contributed by atoms with van der Waals surface area (Å²) in [7, 11) is 0. The molecule has 0 saturated carbocycles. The molecule has 2 aromatic rings. The van der Waals surface area contributed by atoms with Crippen molar-refractivity contribution in [2.45, 2.75) is 39.3 Å². The largest absolute Gasteiger partial charge is 0.390 e. The van der Waals surface area contributed by atoms with E-state index in [1.165, 1.54) is 17.7 Å². The Morgan fingerprint density at radius 1 is 1.00 bits per heavy atom. The lowest BCUT2D eigenvalue weighted by Gasteiger charge is -2.12. The average molecular weight is 243 g/mol. The normalized spacial score (nSPS) is 10.8. The maximum Gasteiger partial charge on any atom is 0.0832 e. The molecule has 1 heterocycles. The fraction of sp³-hybridized carbons (Fsp3) is 0.375. The lowest BCUT2D eigenvalue weighted by atomic mass is 10.1. The molecule has 0 fully saturated rings. The fourth-order valence-corrected chi connectivity index (χ4v) is 2.26. The van der Waals surface area contributed by atoms with Crippen molar-refractivity contribution in [1.82, 2.24) is 4.57 Å². The molecule has 1 aromatic carbocycles. The Balaban J connectivity index is 2.19. The Hall–Kier alpha value is -1.54. The van der Waals surface area contributed by atoms with Crippen LogP contribution in [-0.2, 0) is 19.6 Å². The molecule has 2 nitrogen and oxygen atoms in total. The smallest absolute Gasteiger partial charge is 0.0832 e. The number of benzene rings is 1. The zero-order valence-electron chi connectivity index (χ0n) is 11.0. The first-order chi connectivity index (χ1) is 8.85. The van der Waals surface area contributed by atoms with E-state index >= 15 is 0 Å². The van der Waals surface area contributed by atoms with Gasteiger partial charge in [-0.05, 0) is 24.1 Å². The van der Waals surface area contributed by atoms with Crippen molar-refractivity contribution < 1.29 is 5.11 Å². The summed E-state index contributed by atoms with van der Waals surface area (Å²) < 4.78 is 2.26. The monoisotopic (exact) mass is 243 g/mol. The van der Waals surface area contributed by atoms with Crippen molar-refractivity contribution in [3.05, 3.63) is 59.4 Å². The highest BCUT2D eigenvalue weighted by molar-refractivity contribution is 5.25. The number of unbranched alkanes of at least 4 members (excludes halogenated alkanes) is 1. The topological polar surface area (TPSA) is 25.2 Å². The van der Waals surface area contributed by atoms with Gasteiger partial charge in [-0.15, -0.1) is 0 Å². The zero-order chi connectivity index (χ0) is 12.8. The maximum absolute atomic E-state index is 9.38. The van der Waals surface area contributed by atoms with Gasteiger partial charge in [0.05, 0.1) is 6.61 Å². The number of rotatable bonds is 6. The number of hydrogen-bond donors (Lipinski definition) is 1. The van der Waals surface area contributed by atoms with Gasteiger partial charge in [0.2, 0.25) is 0 Å². The molecule has 1 N–H and O–H groups in total. The molecule has 1 aromatic heterocycles. The highest BCUT2D eigenvalue weighted by Gasteiger charge is 2.07. The summed E-state index contributed by atoms with van der Waals surface area (Å²) in [5.41, 5.74) is 3.63. The van der Waals surface area contributed by atoms with E-state index < -0.39 is 0 Å². The standard InChI is InChI=1S/C16H21NO/c1-2-3-11-17-15(9-10-16(17)13-18)12-14-7-5-4-6-8-14/h4-10,18H,2-3,11-13H2,1H3. The first kappa shape index (κ1) is 12.9. The summed E-state index contributed by atoms with van der Waals surface area (Å²) in [4.78, 5) is 0. The van der Waals surface area contributed by atoms with Gasteiger partial charge in [-0.25, -0.2) is 0 Å². The number of hydrogen-bond acceptors (Lipinski definition) is 1. The Morgan fingerprint density at radius 2 is 1.72 bits per heavy atom. The van der Waals surface area contributed by atoms with E-state index in [2.05, 4.69) is 41.8 Å². The molecule has 0 saturated heterocycles. The van der Waals surface area contributed by atoms with Gasteiger partial charge in [-0.2, -0.15) is 0 Å². The Labute approximate surface area is 109 Å². The van der Waals surface area contributed by atoms with Gasteiger partial charge in [-0.3, -0.25) is 0 Å². The summed E-state index contributed by atoms with van der Waals surface area (Å²) in [5, 5.41) is 9.38. The van der Waals surface area contributed by atoms with Crippen molar-refractivity contribution in [2.24, 2.45) is 0 Å². The van der Waals surface area contributed by atoms with E-state index in [1.54, 1.807) is 0 Å². The van der Waals surface area contributed by atoms with E-state index in [0.29, 0.717) is 0 Å². The SMILES string of the molecule is CCCCn1c(CO)ccc1Cc1ccccc1. The van der Waals surface area contributed by atoms with Crippen LogP contribution < -0.4 is 0 Å². The van der Waals surface area contributed by atoms with Crippen LogP contribution in [0.3, 0.4) is 0 Å². The van der Waals surface area contributed by atoms with Gasteiger partial charge < -0.3 is 9.67 Å². The van der Waals surface area contributed by atoms with Crippen molar-refractivity contribution in [3.63, 3.8) is 0 Å². The van der Waals surface area contributed by atoms with E-state index in [4.69, 9.17) is 0 Å². The minimum Gasteiger partial charge on any atom is -0.390 e. The number of aliphatic hydroxyl groups is 1. The minimum atomic E-state index is 0.124. The summed E-state index contributed by atoms with van der Waals surface area (Å²) in [6.07, 6.45) is 3.27. The predicted molar refractivity (Wildman–Crippen MR) is 74.5 cm³/mol. The zero-order valence-corrected chi connectivity index (χ0v) is 11.0. The van der Waals surface area contributed by atoms with Gasteiger partial charge in [0.1, 0.15) is 0 Å². The van der Waals surface area contributed by atoms with Gasteiger partial charge in [0.15, 0.2) is 0 Å². The van der Waals surface area contributed by atoms with E-state index in [-0.39, 0.29) is 6.61 Å². The number of nitrogens with zero attached hydrogens (tertiary/aromatic N) is 1. The van der Waals surface area contributed by atoms with Gasteiger partial charge in [0, 0.05) is 24.4 Å². The number of aromatic nitrogens is 1. The van der Waals surface area contributed by atoms with Crippen LogP contribution in [0, 0.1) is 0 Å². The molecule has 2 rings (SSSR count). The molecule has 2 heteroatoms. The van der Waals surface area contributed by atoms with Gasteiger partial charge >= 0.3 is 0 Å². The van der Waals surface area contributed by atoms with Crippen LogP contribution in [-0.4, -0.2) is 9.67 Å². The van der Waals surface area contributed by atoms with Crippen LogP contribution in [0.25, 0.3) is 0 Å². The van der Waals surface area contributed by atoms with Crippen molar-refractivity contribution in [3.8, 4) is 0 Å². The molecule has 0 aliphatic rings. The first-order valence-corrected chi connectivity index (χ1v) is 6.67. The summed E-state index contributed by atoms with van der Waals surface area (Å²) >= 11 is 0. The van der Waals surface area contributed by atoms with Crippen LogP contribution in [0.5, 0.6) is 0 Å². The van der Waals surface area contributed by atoms with Gasteiger partial charge in [-0.1, -0.05) is 43.7 Å². The van der Waals surface area contributed by atoms with E-state index in [1.807, 2.05) is 12.1 Å². The second-order valence-corrected chi connectivity index (χ2v) is 4.64. The predicted octanol–water partition coefficient (Wildman–Crippen LogP) is 3.37. The summed E-state index contributed by atoms with van der Waals surface area (Å²) in [6.45, 7) is 3.32. The van der Waals surface area contributed by atoms with Crippen molar-refractivity contribution in [1.29, 1.82) is 0 Å². The molecule has 0 bridgehead atoms. The van der Waals surface area contributed by atoms with Crippen LogP contribution in [0.1, 0.15) is 36.7 Å². The lowest BCUT2D eigenvalue weighted by molar-refractivity contribution is 0.269. The van der Waals surface area contributed by atoms with Crippen LogP contribution in [0.4, 0.5) is 0 Å². The Bertz CT molecular complexity index is 473. The molecule has 96 valence electrons. The molecule has 18 heavy (non-hydrogen) atoms. The van der Waals surface area contributed by atoms with Gasteiger partial charge in [0.25, 0.3) is 0 Å². The highest BCUT2D eigenvalue weighted by Crippen LogP contribution is 2.15. The van der Waals surface area contributed by atoms with Crippen LogP contribution in [0.15, 0.2) is 42.5 Å². The molecule has 0 aliphatic heterocycles. The first-order valence-electron chi connectivity index (χ1n) is 6.67. The fourth-order valence-electron chi connectivity index (χ4n) is 2.26. The average Bonchev–Trinajstić information content (AvgIpc) is 2.79. The quantitative estimate of drug-likeness (QED) is 0.826. The maximum atomic E-state index is 9.38. The molecule has 0 amide bonds. The molecular weight excluding hydrogens is 222 g/mol. The second kappa shape index (κ2) is 6.41. The molecule has 0 atom stereocenters. The summed E-state index contributed by atoms with van der Waals surface area (Å²) in [5.74, 6) is 0. The van der Waals surface area contributed by atoms with Crippen LogP contribution >= 0.6 is 0 Å². The van der Waals surface area contributed by atoms with E-state index in [9.17, 15) is 5.11 Å². The second-order valence-electron chi connectivity index (χ2n) is 4.64. The molecular formula is C16H21NO. The molecule has 0 aliphatic carbocycles. The third-order valence-corrected chi connectivity index (χ3v) is 3.29. The highest BCUT2D eigenvalue weighted by atomic mass is 16.3. The third kappa shape index (κ3) is 3.02. The third-order valence-electron chi connectivity index (χ3n) is 3.29. The minimum absolute atomic E-state index is 0.124. The van der Waals surface area contributed by atoms with Crippen LogP contribution in [0.2, 0.25) is 0 Å². The molecule has 0 spiro atoms. The molecule has 0 unspecified atom stereocenters. The van der Waals surface area contributed by atoms with Crippen molar-refractivity contribution in [2.75, 3.05) is 0 Å². The van der Waals surface area contributed by atoms with Crippen molar-refractivity contribution >= 4 is 0 Å². The van der Waals surface area contributed by atoms with E-state index in [0.717, 1.165) is 25.1 Å². The summed E-state index contributed by atoms with van der Waals surface area (Å²) in [6, 6.07) is 14.6. The number of aliphatic hydroxyl groups excluding tert-OH is 1. The Kier molecular flexibility index (Phi) is 4.59.